The Kier molecular flexibility index (Phi) is 2.90. The van der Waals surface area contributed by atoms with Gasteiger partial charge in [0.1, 0.15) is 11.4 Å². The summed E-state index contributed by atoms with van der Waals surface area (Å²) < 4.78 is 15.0. The number of benzene rings is 1. The van der Waals surface area contributed by atoms with Gasteiger partial charge in [-0.2, -0.15) is 5.10 Å². The number of amides is 1. The van der Waals surface area contributed by atoms with Gasteiger partial charge >= 0.3 is 0 Å². The number of halogens is 1. The third-order valence-electron chi connectivity index (χ3n) is 2.85. The molecule has 0 saturated heterocycles. The van der Waals surface area contributed by atoms with Crippen LogP contribution in [0, 0.1) is 12.7 Å². The fourth-order valence-electron chi connectivity index (χ4n) is 1.88. The van der Waals surface area contributed by atoms with Gasteiger partial charge in [0.2, 0.25) is 0 Å². The molecule has 100 valence electrons. The molecule has 0 saturated carbocycles. The highest BCUT2D eigenvalue weighted by Crippen LogP contribution is 2.15. The van der Waals surface area contributed by atoms with Crippen LogP contribution in [0.25, 0.3) is 5.65 Å². The van der Waals surface area contributed by atoms with Gasteiger partial charge in [-0.1, -0.05) is 12.1 Å². The van der Waals surface area contributed by atoms with Crippen molar-refractivity contribution in [3.63, 3.8) is 0 Å². The number of carbonyl (C=O) groups excluding carboxylic acids is 1. The summed E-state index contributed by atoms with van der Waals surface area (Å²) in [7, 11) is 0. The Morgan fingerprint density at radius 3 is 2.90 bits per heavy atom. The fourth-order valence-corrected chi connectivity index (χ4v) is 1.88. The van der Waals surface area contributed by atoms with E-state index in [-0.39, 0.29) is 5.69 Å². The van der Waals surface area contributed by atoms with Crippen LogP contribution in [0.5, 0.6) is 0 Å². The van der Waals surface area contributed by atoms with Gasteiger partial charge in [0.25, 0.3) is 5.91 Å². The van der Waals surface area contributed by atoms with E-state index in [1.54, 1.807) is 24.5 Å². The van der Waals surface area contributed by atoms with Crippen LogP contribution in [0.4, 0.5) is 10.1 Å². The predicted octanol–water partition coefficient (Wildman–Crippen LogP) is 2.43. The van der Waals surface area contributed by atoms with E-state index < -0.39 is 11.7 Å². The summed E-state index contributed by atoms with van der Waals surface area (Å²) >= 11 is 0. The average Bonchev–Trinajstić information content (AvgIpc) is 2.84. The van der Waals surface area contributed by atoms with Crippen LogP contribution in [0.3, 0.4) is 0 Å². The molecule has 5 nitrogen and oxygen atoms in total. The third-order valence-corrected chi connectivity index (χ3v) is 2.85. The van der Waals surface area contributed by atoms with E-state index in [4.69, 9.17) is 0 Å². The fraction of sp³-hybridized carbons (Fsp3) is 0.0714. The van der Waals surface area contributed by atoms with Crippen molar-refractivity contribution < 1.29 is 9.18 Å². The van der Waals surface area contributed by atoms with E-state index in [1.807, 2.05) is 6.92 Å². The molecule has 0 aliphatic rings. The summed E-state index contributed by atoms with van der Waals surface area (Å²) in [5.41, 5.74) is 1.79. The molecule has 0 atom stereocenters. The first-order valence-electron chi connectivity index (χ1n) is 6.01. The van der Waals surface area contributed by atoms with Crippen molar-refractivity contribution in [3.8, 4) is 0 Å². The molecule has 0 spiro atoms. The van der Waals surface area contributed by atoms with E-state index in [1.165, 1.54) is 22.8 Å². The number of nitrogens with zero attached hydrogens (tertiary/aromatic N) is 3. The van der Waals surface area contributed by atoms with Crippen LogP contribution in [-0.2, 0) is 0 Å². The lowest BCUT2D eigenvalue weighted by Crippen LogP contribution is -2.13. The molecule has 2 aromatic heterocycles. The maximum atomic E-state index is 13.5. The van der Waals surface area contributed by atoms with Crippen molar-refractivity contribution in [3.05, 3.63) is 59.8 Å². The first-order valence-corrected chi connectivity index (χ1v) is 6.01. The maximum Gasteiger partial charge on any atom is 0.261 e. The molecule has 0 radical (unpaired) electrons. The van der Waals surface area contributed by atoms with Crippen molar-refractivity contribution in [2.45, 2.75) is 6.92 Å². The number of carbonyl (C=O) groups is 1. The zero-order valence-electron chi connectivity index (χ0n) is 10.7. The summed E-state index contributed by atoms with van der Waals surface area (Å²) in [5, 5.41) is 6.58. The molecule has 20 heavy (non-hydrogen) atoms. The second kappa shape index (κ2) is 4.73. The van der Waals surface area contributed by atoms with E-state index in [0.29, 0.717) is 11.2 Å². The topological polar surface area (TPSA) is 59.3 Å². The van der Waals surface area contributed by atoms with Gasteiger partial charge < -0.3 is 5.32 Å². The average molecular weight is 270 g/mol. The number of anilines is 1. The number of hydrogen-bond acceptors (Lipinski definition) is 3. The molecule has 3 aromatic rings. The standard InChI is InChI=1S/C14H11FN4O/c1-9-6-16-13-10(7-17-19(13)8-9)14(20)18-12-5-3-2-4-11(12)15/h2-8H,1H3,(H,18,20). The van der Waals surface area contributed by atoms with E-state index in [0.717, 1.165) is 5.56 Å². The first-order chi connectivity index (χ1) is 9.65. The molecular formula is C14H11FN4O. The van der Waals surface area contributed by atoms with Crippen molar-refractivity contribution in [1.82, 2.24) is 14.6 Å². The summed E-state index contributed by atoms with van der Waals surface area (Å²) in [6.45, 7) is 1.88. The second-order valence-corrected chi connectivity index (χ2v) is 4.39. The largest absolute Gasteiger partial charge is 0.319 e. The smallest absolute Gasteiger partial charge is 0.261 e. The number of fused-ring (bicyclic) bond motifs is 1. The number of nitrogens with one attached hydrogen (secondary N) is 1. The van der Waals surface area contributed by atoms with Crippen molar-refractivity contribution >= 4 is 17.2 Å². The first kappa shape index (κ1) is 12.3. The Balaban J connectivity index is 1.95. The normalized spacial score (nSPS) is 10.7. The zero-order valence-corrected chi connectivity index (χ0v) is 10.7. The van der Waals surface area contributed by atoms with Gasteiger partial charge in [0.15, 0.2) is 5.65 Å². The third kappa shape index (κ3) is 2.11. The quantitative estimate of drug-likeness (QED) is 0.778. The Hall–Kier alpha value is -2.76. The molecule has 0 fully saturated rings. The van der Waals surface area contributed by atoms with Crippen LogP contribution in [-0.4, -0.2) is 20.5 Å². The predicted molar refractivity (Wildman–Crippen MR) is 72.1 cm³/mol. The summed E-state index contributed by atoms with van der Waals surface area (Å²) in [4.78, 5) is 16.3. The minimum Gasteiger partial charge on any atom is -0.319 e. The minimum absolute atomic E-state index is 0.129. The zero-order chi connectivity index (χ0) is 14.1. The Morgan fingerprint density at radius 2 is 2.10 bits per heavy atom. The number of hydrogen-bond donors (Lipinski definition) is 1. The van der Waals surface area contributed by atoms with Gasteiger partial charge in [0.05, 0.1) is 11.9 Å². The van der Waals surface area contributed by atoms with Gasteiger partial charge in [-0.3, -0.25) is 4.79 Å². The van der Waals surface area contributed by atoms with Gasteiger partial charge in [-0.25, -0.2) is 13.9 Å². The second-order valence-electron chi connectivity index (χ2n) is 4.39. The lowest BCUT2D eigenvalue weighted by molar-refractivity contribution is 0.102. The van der Waals surface area contributed by atoms with E-state index >= 15 is 0 Å². The number of aryl methyl sites for hydroxylation is 1. The van der Waals surface area contributed by atoms with Crippen LogP contribution in [0.2, 0.25) is 0 Å². The highest BCUT2D eigenvalue weighted by Gasteiger charge is 2.15. The van der Waals surface area contributed by atoms with Crippen LogP contribution in [0.1, 0.15) is 15.9 Å². The van der Waals surface area contributed by atoms with Crippen LogP contribution in [0.15, 0.2) is 42.9 Å². The number of para-hydroxylation sites is 1. The number of aromatic nitrogens is 3. The molecule has 1 aromatic carbocycles. The monoisotopic (exact) mass is 270 g/mol. The van der Waals surface area contributed by atoms with Crippen LogP contribution < -0.4 is 5.32 Å². The summed E-state index contributed by atoms with van der Waals surface area (Å²) in [5.74, 6) is -0.928. The SMILES string of the molecule is Cc1cnc2c(C(=O)Nc3ccccc3F)cnn2c1. The molecule has 3 rings (SSSR count). The highest BCUT2D eigenvalue weighted by molar-refractivity contribution is 6.08. The Morgan fingerprint density at radius 1 is 1.30 bits per heavy atom. The van der Waals surface area contributed by atoms with Crippen molar-refractivity contribution in [2.24, 2.45) is 0 Å². The van der Waals surface area contributed by atoms with E-state index in [2.05, 4.69) is 15.4 Å². The molecule has 1 N–H and O–H groups in total. The highest BCUT2D eigenvalue weighted by atomic mass is 19.1. The Bertz CT molecular complexity index is 797. The molecule has 0 unspecified atom stereocenters. The summed E-state index contributed by atoms with van der Waals surface area (Å²) in [6, 6.07) is 5.99. The van der Waals surface area contributed by atoms with Crippen LogP contribution >= 0.6 is 0 Å². The molecule has 0 aliphatic carbocycles. The molecular weight excluding hydrogens is 259 g/mol. The minimum atomic E-state index is -0.485. The van der Waals surface area contributed by atoms with Crippen molar-refractivity contribution in [2.75, 3.05) is 5.32 Å². The lowest BCUT2D eigenvalue weighted by atomic mass is 10.2. The number of rotatable bonds is 2. The van der Waals surface area contributed by atoms with Gasteiger partial charge in [-0.15, -0.1) is 0 Å². The lowest BCUT2D eigenvalue weighted by Gasteiger charge is -2.04. The van der Waals surface area contributed by atoms with Gasteiger partial charge in [-0.05, 0) is 24.6 Å². The Labute approximate surface area is 114 Å². The van der Waals surface area contributed by atoms with Crippen molar-refractivity contribution in [1.29, 1.82) is 0 Å². The van der Waals surface area contributed by atoms with E-state index in [9.17, 15) is 9.18 Å². The molecule has 0 aliphatic heterocycles. The molecule has 0 bridgehead atoms. The van der Waals surface area contributed by atoms with Gasteiger partial charge in [0, 0.05) is 12.4 Å². The molecule has 2 heterocycles. The summed E-state index contributed by atoms with van der Waals surface area (Å²) in [6.07, 6.45) is 4.83. The maximum absolute atomic E-state index is 13.5. The molecule has 1 amide bonds. The molecule has 6 heteroatoms.